The first-order chi connectivity index (χ1) is 23.0. The molecule has 0 unspecified atom stereocenters. The van der Waals surface area contributed by atoms with Crippen LogP contribution in [-0.2, 0) is 0 Å². The Hall–Kier alpha value is -4.82. The molecule has 0 aromatic heterocycles. The van der Waals surface area contributed by atoms with Crippen molar-refractivity contribution in [3.8, 4) is 33.8 Å². The second kappa shape index (κ2) is 15.8. The molecule has 0 bridgehead atoms. The Bertz CT molecular complexity index is 1850. The summed E-state index contributed by atoms with van der Waals surface area (Å²) in [7, 11) is 0. The number of rotatable bonds is 12. The molecule has 0 aliphatic carbocycles. The number of hydrogen-bond acceptors (Lipinski definition) is 2. The van der Waals surface area contributed by atoms with E-state index >= 15 is 0 Å². The summed E-state index contributed by atoms with van der Waals surface area (Å²) in [5, 5.41) is 0. The molecule has 5 rings (SSSR count). The molecule has 0 N–H and O–H groups in total. The van der Waals surface area contributed by atoms with Crippen LogP contribution in [0.1, 0.15) is 74.9 Å². The smallest absolute Gasteiger partial charge is 0.119 e. The molecule has 5 aromatic rings. The zero-order valence-corrected chi connectivity index (χ0v) is 29.9. The molecule has 0 aliphatic heterocycles. The Kier molecular flexibility index (Phi) is 11.4. The van der Waals surface area contributed by atoms with Crippen LogP contribution in [0.3, 0.4) is 0 Å². The van der Waals surface area contributed by atoms with Crippen molar-refractivity contribution in [2.45, 2.75) is 55.4 Å². The first-order valence-corrected chi connectivity index (χ1v) is 17.2. The highest BCUT2D eigenvalue weighted by Crippen LogP contribution is 2.34. The summed E-state index contributed by atoms with van der Waals surface area (Å²) in [6.07, 6.45) is 4.62. The van der Waals surface area contributed by atoms with Gasteiger partial charge in [0, 0.05) is 0 Å². The zero-order valence-electron chi connectivity index (χ0n) is 29.9. The van der Waals surface area contributed by atoms with E-state index in [0.29, 0.717) is 11.8 Å². The Labute approximate surface area is 288 Å². The standard InChI is InChI=1S/C46H50O2/c1-31(2)29-47-44-21-17-37(18-22-44)34(6)25-42-28-46(41-15-13-40(14-16-41)39-11-9-33(5)10-12-39)43(27-36(42)8)26-35(7)38-19-23-45(24-20-38)48-30-32(3)4/h9-28,31-32H,29-30H2,1-8H3/b34-25+,35-26+. The van der Waals surface area contributed by atoms with Crippen LogP contribution in [0.5, 0.6) is 11.5 Å². The van der Waals surface area contributed by atoms with E-state index in [2.05, 4.69) is 177 Å². The number of benzene rings is 5. The van der Waals surface area contributed by atoms with Crippen molar-refractivity contribution in [2.75, 3.05) is 13.2 Å². The lowest BCUT2D eigenvalue weighted by molar-refractivity contribution is 0.271. The fourth-order valence-electron chi connectivity index (χ4n) is 5.65. The molecular formula is C46H50O2. The molecule has 246 valence electrons. The van der Waals surface area contributed by atoms with Crippen molar-refractivity contribution in [3.05, 3.63) is 143 Å². The molecular weight excluding hydrogens is 585 g/mol. The van der Waals surface area contributed by atoms with E-state index in [0.717, 1.165) is 24.7 Å². The minimum Gasteiger partial charge on any atom is -0.493 e. The van der Waals surface area contributed by atoms with E-state index in [9.17, 15) is 0 Å². The molecule has 2 nitrogen and oxygen atoms in total. The van der Waals surface area contributed by atoms with Crippen molar-refractivity contribution in [2.24, 2.45) is 11.8 Å². The normalized spacial score (nSPS) is 12.1. The summed E-state index contributed by atoms with van der Waals surface area (Å²) in [5.74, 6) is 2.82. The van der Waals surface area contributed by atoms with E-state index in [4.69, 9.17) is 9.47 Å². The van der Waals surface area contributed by atoms with Gasteiger partial charge in [-0.3, -0.25) is 0 Å². The molecule has 2 heteroatoms. The predicted octanol–water partition coefficient (Wildman–Crippen LogP) is 12.8. The average molecular weight is 635 g/mol. The van der Waals surface area contributed by atoms with Crippen LogP contribution >= 0.6 is 0 Å². The van der Waals surface area contributed by atoms with Gasteiger partial charge in [-0.25, -0.2) is 0 Å². The molecule has 0 fully saturated rings. The second-order valence-electron chi connectivity index (χ2n) is 13.9. The van der Waals surface area contributed by atoms with Crippen LogP contribution in [0, 0.1) is 25.7 Å². The van der Waals surface area contributed by atoms with Crippen molar-refractivity contribution < 1.29 is 9.47 Å². The van der Waals surface area contributed by atoms with Crippen LogP contribution in [0.4, 0.5) is 0 Å². The Morgan fingerprint density at radius 1 is 0.521 bits per heavy atom. The summed E-state index contributed by atoms with van der Waals surface area (Å²) < 4.78 is 11.8. The highest BCUT2D eigenvalue weighted by atomic mass is 16.5. The number of allylic oxidation sites excluding steroid dienone is 2. The second-order valence-corrected chi connectivity index (χ2v) is 13.9. The maximum absolute atomic E-state index is 5.93. The largest absolute Gasteiger partial charge is 0.493 e. The lowest BCUT2D eigenvalue weighted by atomic mass is 9.90. The highest BCUT2D eigenvalue weighted by molar-refractivity contribution is 5.90. The third-order valence-electron chi connectivity index (χ3n) is 8.55. The zero-order chi connectivity index (χ0) is 34.2. The van der Waals surface area contributed by atoms with Crippen LogP contribution in [0.15, 0.2) is 109 Å². The van der Waals surface area contributed by atoms with Crippen LogP contribution in [0.2, 0.25) is 0 Å². The Balaban J connectivity index is 1.51. The molecule has 0 saturated heterocycles. The van der Waals surface area contributed by atoms with Gasteiger partial charge in [0.25, 0.3) is 0 Å². The van der Waals surface area contributed by atoms with E-state index in [1.54, 1.807) is 0 Å². The monoisotopic (exact) mass is 634 g/mol. The van der Waals surface area contributed by atoms with Crippen molar-refractivity contribution in [1.29, 1.82) is 0 Å². The van der Waals surface area contributed by atoms with E-state index in [-0.39, 0.29) is 0 Å². The highest BCUT2D eigenvalue weighted by Gasteiger charge is 2.11. The van der Waals surface area contributed by atoms with Crippen molar-refractivity contribution in [1.82, 2.24) is 0 Å². The molecule has 0 aliphatic rings. The Morgan fingerprint density at radius 3 is 1.40 bits per heavy atom. The number of aryl methyl sites for hydroxylation is 2. The molecule has 0 amide bonds. The molecule has 0 heterocycles. The van der Waals surface area contributed by atoms with E-state index in [1.807, 2.05) is 0 Å². The predicted molar refractivity (Wildman–Crippen MR) is 207 cm³/mol. The Morgan fingerprint density at radius 2 is 0.938 bits per heavy atom. The molecule has 48 heavy (non-hydrogen) atoms. The third kappa shape index (κ3) is 9.16. The van der Waals surface area contributed by atoms with Gasteiger partial charge in [-0.05, 0) is 131 Å². The van der Waals surface area contributed by atoms with Gasteiger partial charge in [0.05, 0.1) is 13.2 Å². The molecule has 0 saturated carbocycles. The molecule has 0 spiro atoms. The van der Waals surface area contributed by atoms with Crippen LogP contribution < -0.4 is 9.47 Å². The average Bonchev–Trinajstić information content (AvgIpc) is 3.08. The van der Waals surface area contributed by atoms with Gasteiger partial charge in [0.15, 0.2) is 0 Å². The SMILES string of the molecule is C/C(=C\c1cc(-c2ccc(-c3ccc(C)cc3)cc2)c(/C=C(\C)c2ccc(OCC(C)C)cc2)cc1C)c1ccc(OCC(C)C)cc1. The molecule has 0 atom stereocenters. The van der Waals surface area contributed by atoms with Crippen molar-refractivity contribution >= 4 is 23.3 Å². The first-order valence-electron chi connectivity index (χ1n) is 17.2. The topological polar surface area (TPSA) is 18.5 Å². The van der Waals surface area contributed by atoms with E-state index in [1.165, 1.54) is 66.8 Å². The minimum atomic E-state index is 0.496. The summed E-state index contributed by atoms with van der Waals surface area (Å²) in [6.45, 7) is 18.8. The molecule has 5 aromatic carbocycles. The number of ether oxygens (including phenoxy) is 2. The fraction of sp³-hybridized carbons (Fsp3) is 0.261. The summed E-state index contributed by atoms with van der Waals surface area (Å²) >= 11 is 0. The quantitative estimate of drug-likeness (QED) is 0.127. The minimum absolute atomic E-state index is 0.496. The van der Waals surface area contributed by atoms with Gasteiger partial charge < -0.3 is 9.47 Å². The summed E-state index contributed by atoms with van der Waals surface area (Å²) in [4.78, 5) is 0. The van der Waals surface area contributed by atoms with Gasteiger partial charge in [-0.15, -0.1) is 0 Å². The molecule has 0 radical (unpaired) electrons. The maximum Gasteiger partial charge on any atom is 0.119 e. The third-order valence-corrected chi connectivity index (χ3v) is 8.55. The van der Waals surface area contributed by atoms with E-state index < -0.39 is 0 Å². The van der Waals surface area contributed by atoms with Gasteiger partial charge in [0.2, 0.25) is 0 Å². The first kappa shape index (κ1) is 34.5. The summed E-state index contributed by atoms with van der Waals surface area (Å²) in [5.41, 5.74) is 14.6. The fourth-order valence-corrected chi connectivity index (χ4v) is 5.65. The lowest BCUT2D eigenvalue weighted by Crippen LogP contribution is -2.04. The van der Waals surface area contributed by atoms with Gasteiger partial charge >= 0.3 is 0 Å². The van der Waals surface area contributed by atoms with Crippen molar-refractivity contribution in [3.63, 3.8) is 0 Å². The van der Waals surface area contributed by atoms with Gasteiger partial charge in [-0.1, -0.05) is 124 Å². The summed E-state index contributed by atoms with van der Waals surface area (Å²) in [6, 6.07) is 39.3. The van der Waals surface area contributed by atoms with Crippen LogP contribution in [0.25, 0.3) is 45.6 Å². The maximum atomic E-state index is 5.93. The van der Waals surface area contributed by atoms with Gasteiger partial charge in [0.1, 0.15) is 11.5 Å². The van der Waals surface area contributed by atoms with Gasteiger partial charge in [-0.2, -0.15) is 0 Å². The number of hydrogen-bond donors (Lipinski definition) is 0. The lowest BCUT2D eigenvalue weighted by Gasteiger charge is -2.15. The van der Waals surface area contributed by atoms with Crippen LogP contribution in [-0.4, -0.2) is 13.2 Å².